The Labute approximate surface area is 131 Å². The summed E-state index contributed by atoms with van der Waals surface area (Å²) in [5.41, 5.74) is 2.94. The second-order valence-corrected chi connectivity index (χ2v) is 5.91. The van der Waals surface area contributed by atoms with Gasteiger partial charge in [-0.05, 0) is 12.1 Å². The third-order valence-corrected chi connectivity index (χ3v) is 4.63. The molecule has 0 aliphatic carbocycles. The molecule has 0 fully saturated rings. The summed E-state index contributed by atoms with van der Waals surface area (Å²) in [4.78, 5) is 17.2. The normalized spacial score (nSPS) is 12.7. The third-order valence-electron chi connectivity index (χ3n) is 3.35. The van der Waals surface area contributed by atoms with Crippen molar-refractivity contribution in [3.63, 3.8) is 0 Å². The fraction of sp³-hybridized carbons (Fsp3) is 0.308. The van der Waals surface area contributed by atoms with E-state index in [0.717, 1.165) is 40.8 Å². The number of nitrogens with zero attached hydrogens (tertiary/aromatic N) is 5. The number of aromatic nitrogens is 4. The van der Waals surface area contributed by atoms with E-state index in [1.807, 2.05) is 37.3 Å². The summed E-state index contributed by atoms with van der Waals surface area (Å²) in [5, 5.41) is 1.04. The first-order chi connectivity index (χ1) is 9.24. The topological polar surface area (TPSA) is 46.8 Å². The SMILES string of the molecule is Br.CN(C)c1nc2c(s1)CCn1c-2nc2cccnc21. The lowest BCUT2D eigenvalue weighted by Gasteiger charge is -2.12. The van der Waals surface area contributed by atoms with Gasteiger partial charge in [0.1, 0.15) is 11.2 Å². The Morgan fingerprint density at radius 2 is 2.15 bits per heavy atom. The standard InChI is InChI=1S/C13H13N5S.BrH/c1-17(2)13-16-10-9(19-13)5-7-18-11-8(15-12(10)18)4-3-6-14-11;/h3-4,6H,5,7H2,1-2H3;1H. The molecule has 104 valence electrons. The minimum absolute atomic E-state index is 0. The van der Waals surface area contributed by atoms with Crippen molar-refractivity contribution >= 4 is 44.6 Å². The summed E-state index contributed by atoms with van der Waals surface area (Å²) in [6.07, 6.45) is 2.83. The van der Waals surface area contributed by atoms with Crippen molar-refractivity contribution in [2.75, 3.05) is 19.0 Å². The smallest absolute Gasteiger partial charge is 0.185 e. The molecule has 5 nitrogen and oxygen atoms in total. The average molecular weight is 352 g/mol. The van der Waals surface area contributed by atoms with E-state index < -0.39 is 0 Å². The summed E-state index contributed by atoms with van der Waals surface area (Å²) in [6, 6.07) is 3.93. The van der Waals surface area contributed by atoms with Crippen LogP contribution >= 0.6 is 28.3 Å². The van der Waals surface area contributed by atoms with Crippen molar-refractivity contribution in [2.24, 2.45) is 0 Å². The number of pyridine rings is 1. The minimum Gasteiger partial charge on any atom is -0.354 e. The van der Waals surface area contributed by atoms with Gasteiger partial charge in [-0.15, -0.1) is 28.3 Å². The quantitative estimate of drug-likeness (QED) is 0.676. The molecule has 4 rings (SSSR count). The zero-order chi connectivity index (χ0) is 13.0. The molecule has 20 heavy (non-hydrogen) atoms. The summed E-state index contributed by atoms with van der Waals surface area (Å²) >= 11 is 1.76. The van der Waals surface area contributed by atoms with E-state index >= 15 is 0 Å². The maximum atomic E-state index is 4.72. The minimum atomic E-state index is 0. The van der Waals surface area contributed by atoms with Gasteiger partial charge in [0.15, 0.2) is 16.6 Å². The third kappa shape index (κ3) is 1.84. The van der Waals surface area contributed by atoms with E-state index in [2.05, 4.69) is 9.55 Å². The van der Waals surface area contributed by atoms with E-state index in [-0.39, 0.29) is 17.0 Å². The van der Waals surface area contributed by atoms with Crippen LogP contribution in [-0.2, 0) is 13.0 Å². The number of anilines is 1. The maximum absolute atomic E-state index is 4.72. The number of imidazole rings is 1. The molecule has 0 bridgehead atoms. The highest BCUT2D eigenvalue weighted by atomic mass is 79.9. The Kier molecular flexibility index (Phi) is 3.25. The van der Waals surface area contributed by atoms with Gasteiger partial charge in [-0.25, -0.2) is 15.0 Å². The molecule has 0 radical (unpaired) electrons. The summed E-state index contributed by atoms with van der Waals surface area (Å²) in [6.45, 7) is 0.935. The van der Waals surface area contributed by atoms with Crippen LogP contribution in [0.2, 0.25) is 0 Å². The largest absolute Gasteiger partial charge is 0.354 e. The van der Waals surface area contributed by atoms with Gasteiger partial charge >= 0.3 is 0 Å². The lowest BCUT2D eigenvalue weighted by atomic mass is 10.2. The molecule has 1 aliphatic rings. The van der Waals surface area contributed by atoms with Gasteiger partial charge in [-0.2, -0.15) is 0 Å². The van der Waals surface area contributed by atoms with Crippen LogP contribution in [0.5, 0.6) is 0 Å². The van der Waals surface area contributed by atoms with Crippen molar-refractivity contribution in [3.05, 3.63) is 23.2 Å². The zero-order valence-corrected chi connectivity index (χ0v) is 13.7. The second-order valence-electron chi connectivity index (χ2n) is 4.85. The second kappa shape index (κ2) is 4.82. The highest BCUT2D eigenvalue weighted by Gasteiger charge is 2.25. The molecule has 1 aliphatic heterocycles. The van der Waals surface area contributed by atoms with Gasteiger partial charge in [-0.1, -0.05) is 0 Å². The lowest BCUT2D eigenvalue weighted by molar-refractivity contribution is 0.701. The van der Waals surface area contributed by atoms with Crippen molar-refractivity contribution in [1.82, 2.24) is 19.5 Å². The molecular formula is C13H14BrN5S. The molecule has 0 unspecified atom stereocenters. The first-order valence-corrected chi connectivity index (χ1v) is 7.04. The van der Waals surface area contributed by atoms with Crippen molar-refractivity contribution in [3.8, 4) is 11.5 Å². The number of hydrogen-bond acceptors (Lipinski definition) is 5. The molecule has 0 aromatic carbocycles. The van der Waals surface area contributed by atoms with Gasteiger partial charge < -0.3 is 9.47 Å². The Bertz CT molecular complexity index is 776. The molecule has 3 aromatic heterocycles. The van der Waals surface area contributed by atoms with E-state index in [1.54, 1.807) is 11.3 Å². The summed E-state index contributed by atoms with van der Waals surface area (Å²) in [5.74, 6) is 0.958. The molecule has 0 atom stereocenters. The Hall–Kier alpha value is -1.47. The van der Waals surface area contributed by atoms with Crippen LogP contribution in [0.4, 0.5) is 5.13 Å². The zero-order valence-electron chi connectivity index (χ0n) is 11.2. The number of halogens is 1. The maximum Gasteiger partial charge on any atom is 0.185 e. The van der Waals surface area contributed by atoms with Crippen molar-refractivity contribution in [1.29, 1.82) is 0 Å². The Morgan fingerprint density at radius 3 is 2.95 bits per heavy atom. The molecule has 7 heteroatoms. The van der Waals surface area contributed by atoms with Crippen LogP contribution in [0.15, 0.2) is 18.3 Å². The van der Waals surface area contributed by atoms with E-state index in [4.69, 9.17) is 9.97 Å². The van der Waals surface area contributed by atoms with E-state index in [9.17, 15) is 0 Å². The molecular weight excluding hydrogens is 338 g/mol. The van der Waals surface area contributed by atoms with E-state index in [0.29, 0.717) is 0 Å². The lowest BCUT2D eigenvalue weighted by Crippen LogP contribution is -2.10. The Balaban J connectivity index is 0.00000121. The fourth-order valence-corrected chi connectivity index (χ4v) is 3.41. The van der Waals surface area contributed by atoms with Crippen molar-refractivity contribution < 1.29 is 0 Å². The molecule has 0 saturated carbocycles. The van der Waals surface area contributed by atoms with Crippen molar-refractivity contribution in [2.45, 2.75) is 13.0 Å². The predicted molar refractivity (Wildman–Crippen MR) is 87.0 cm³/mol. The Morgan fingerprint density at radius 1 is 1.30 bits per heavy atom. The summed E-state index contributed by atoms with van der Waals surface area (Å²) in [7, 11) is 4.05. The van der Waals surface area contributed by atoms with Crippen LogP contribution in [0, 0.1) is 0 Å². The van der Waals surface area contributed by atoms with Gasteiger partial charge in [0.05, 0.1) is 0 Å². The summed E-state index contributed by atoms with van der Waals surface area (Å²) < 4.78 is 2.18. The average Bonchev–Trinajstić information content (AvgIpc) is 2.99. The molecule has 3 aromatic rings. The number of hydrogen-bond donors (Lipinski definition) is 0. The van der Waals surface area contributed by atoms with Gasteiger partial charge in [0.25, 0.3) is 0 Å². The molecule has 0 spiro atoms. The molecule has 4 heterocycles. The first-order valence-electron chi connectivity index (χ1n) is 6.22. The van der Waals surface area contributed by atoms with E-state index in [1.165, 1.54) is 4.88 Å². The molecule has 0 amide bonds. The van der Waals surface area contributed by atoms with Gasteiger partial charge in [0.2, 0.25) is 0 Å². The number of fused-ring (bicyclic) bond motifs is 5. The monoisotopic (exact) mass is 351 g/mol. The fourth-order valence-electron chi connectivity index (χ4n) is 2.44. The van der Waals surface area contributed by atoms with Crippen LogP contribution in [0.3, 0.4) is 0 Å². The van der Waals surface area contributed by atoms with Crippen LogP contribution in [-0.4, -0.2) is 33.6 Å². The van der Waals surface area contributed by atoms with Crippen LogP contribution in [0.1, 0.15) is 4.88 Å². The predicted octanol–water partition coefficient (Wildman–Crippen LogP) is 2.75. The first kappa shape index (κ1) is 13.5. The number of aryl methyl sites for hydroxylation is 2. The molecule has 0 saturated heterocycles. The van der Waals surface area contributed by atoms with Gasteiger partial charge in [0, 0.05) is 38.1 Å². The van der Waals surface area contributed by atoms with Crippen LogP contribution in [0.25, 0.3) is 22.7 Å². The van der Waals surface area contributed by atoms with Gasteiger partial charge in [-0.3, -0.25) is 0 Å². The number of thiazole rings is 1. The highest BCUT2D eigenvalue weighted by molar-refractivity contribution is 8.93. The highest BCUT2D eigenvalue weighted by Crippen LogP contribution is 2.36. The van der Waals surface area contributed by atoms with Crippen LogP contribution < -0.4 is 4.90 Å². The molecule has 0 N–H and O–H groups in total. The number of rotatable bonds is 1.